The average molecular weight is 413 g/mol. The van der Waals surface area contributed by atoms with E-state index in [1.54, 1.807) is 25.3 Å². The van der Waals surface area contributed by atoms with Gasteiger partial charge < -0.3 is 9.14 Å². The van der Waals surface area contributed by atoms with Crippen molar-refractivity contribution < 1.29 is 17.9 Å². The van der Waals surface area contributed by atoms with Gasteiger partial charge in [-0.15, -0.1) is 0 Å². The second-order valence-electron chi connectivity index (χ2n) is 7.22. The number of imidazole rings is 1. The number of sulfonamides is 1. The smallest absolute Gasteiger partial charge is 0.338 e. The highest BCUT2D eigenvalue weighted by Gasteiger charge is 2.27. The number of hydrogen-bond donors (Lipinski definition) is 0. The molecule has 0 atom stereocenters. The van der Waals surface area contributed by atoms with Crippen molar-refractivity contribution >= 4 is 21.6 Å². The van der Waals surface area contributed by atoms with E-state index in [0.717, 1.165) is 24.9 Å². The highest BCUT2D eigenvalue weighted by atomic mass is 32.2. The first-order chi connectivity index (χ1) is 13.9. The zero-order valence-electron chi connectivity index (χ0n) is 16.2. The maximum absolute atomic E-state index is 12.9. The van der Waals surface area contributed by atoms with Crippen molar-refractivity contribution in [1.82, 2.24) is 13.7 Å². The van der Waals surface area contributed by atoms with Crippen molar-refractivity contribution in [1.29, 1.82) is 0 Å². The van der Waals surface area contributed by atoms with E-state index in [1.807, 2.05) is 28.8 Å². The van der Waals surface area contributed by atoms with E-state index in [9.17, 15) is 13.2 Å². The predicted molar refractivity (Wildman–Crippen MR) is 108 cm³/mol. The van der Waals surface area contributed by atoms with Gasteiger partial charge in [0.2, 0.25) is 10.0 Å². The van der Waals surface area contributed by atoms with Crippen molar-refractivity contribution in [3.8, 4) is 0 Å². The van der Waals surface area contributed by atoms with Crippen LogP contribution in [0.3, 0.4) is 0 Å². The SMILES string of the molecule is Cc1ccc(S(=O)(=O)N2CCCCC2)cc1C(=O)OCc1cn2ccccc2n1. The molecular weight excluding hydrogens is 390 g/mol. The molecule has 1 saturated heterocycles. The Morgan fingerprint density at radius 2 is 1.93 bits per heavy atom. The average Bonchev–Trinajstić information content (AvgIpc) is 3.16. The van der Waals surface area contributed by atoms with Gasteiger partial charge in [-0.05, 0) is 49.6 Å². The number of hydrogen-bond acceptors (Lipinski definition) is 5. The van der Waals surface area contributed by atoms with Crippen LogP contribution in [0.5, 0.6) is 0 Å². The Balaban J connectivity index is 1.52. The second kappa shape index (κ2) is 7.96. The molecule has 29 heavy (non-hydrogen) atoms. The summed E-state index contributed by atoms with van der Waals surface area (Å²) in [6.45, 7) is 2.82. The maximum Gasteiger partial charge on any atom is 0.338 e. The van der Waals surface area contributed by atoms with E-state index < -0.39 is 16.0 Å². The van der Waals surface area contributed by atoms with Gasteiger partial charge in [0.15, 0.2) is 0 Å². The van der Waals surface area contributed by atoms with Gasteiger partial charge in [-0.25, -0.2) is 18.2 Å². The van der Waals surface area contributed by atoms with Crippen LogP contribution in [0, 0.1) is 6.92 Å². The summed E-state index contributed by atoms with van der Waals surface area (Å²) in [4.78, 5) is 17.2. The second-order valence-corrected chi connectivity index (χ2v) is 9.15. The number of ether oxygens (including phenoxy) is 1. The number of nitrogens with zero attached hydrogens (tertiary/aromatic N) is 3. The van der Waals surface area contributed by atoms with E-state index in [2.05, 4.69) is 4.98 Å². The molecular formula is C21H23N3O4S. The number of piperidine rings is 1. The van der Waals surface area contributed by atoms with Gasteiger partial charge in [-0.1, -0.05) is 18.6 Å². The number of aryl methyl sites for hydroxylation is 1. The predicted octanol–water partition coefficient (Wildman–Crippen LogP) is 3.17. The summed E-state index contributed by atoms with van der Waals surface area (Å²) in [5.74, 6) is -0.560. The van der Waals surface area contributed by atoms with Crippen LogP contribution in [0.1, 0.15) is 40.9 Å². The molecule has 0 N–H and O–H groups in total. The Morgan fingerprint density at radius 1 is 1.14 bits per heavy atom. The van der Waals surface area contributed by atoms with Crippen LogP contribution in [0.15, 0.2) is 53.7 Å². The first kappa shape index (κ1) is 19.6. The fourth-order valence-electron chi connectivity index (χ4n) is 3.51. The van der Waals surface area contributed by atoms with Gasteiger partial charge in [0.1, 0.15) is 12.3 Å². The van der Waals surface area contributed by atoms with Gasteiger partial charge in [0.05, 0.1) is 16.2 Å². The van der Waals surface area contributed by atoms with E-state index in [1.165, 1.54) is 10.4 Å². The van der Waals surface area contributed by atoms with E-state index in [4.69, 9.17) is 4.74 Å². The lowest BCUT2D eigenvalue weighted by atomic mass is 10.1. The first-order valence-corrected chi connectivity index (χ1v) is 11.1. The highest BCUT2D eigenvalue weighted by molar-refractivity contribution is 7.89. The number of rotatable bonds is 5. The molecule has 0 bridgehead atoms. The Kier molecular flexibility index (Phi) is 5.38. The van der Waals surface area contributed by atoms with Crippen LogP contribution in [0.25, 0.3) is 5.65 Å². The molecule has 1 fully saturated rings. The molecule has 4 rings (SSSR count). The summed E-state index contributed by atoms with van der Waals surface area (Å²) in [6.07, 6.45) is 6.43. The standard InChI is InChI=1S/C21H23N3O4S/c1-16-8-9-18(29(26,27)24-11-4-2-5-12-24)13-19(16)21(25)28-15-17-14-23-10-6-3-7-20(23)22-17/h3,6-10,13-14H,2,4-5,11-12,15H2,1H3. The molecule has 0 amide bonds. The molecule has 0 aliphatic carbocycles. The van der Waals surface area contributed by atoms with Crippen LogP contribution < -0.4 is 0 Å². The third-order valence-corrected chi connectivity index (χ3v) is 7.04. The summed E-state index contributed by atoms with van der Waals surface area (Å²) in [5, 5.41) is 0. The lowest BCUT2D eigenvalue weighted by Gasteiger charge is -2.26. The van der Waals surface area contributed by atoms with Crippen molar-refractivity contribution in [2.75, 3.05) is 13.1 Å². The van der Waals surface area contributed by atoms with Gasteiger partial charge in [0, 0.05) is 25.5 Å². The highest BCUT2D eigenvalue weighted by Crippen LogP contribution is 2.23. The molecule has 1 aromatic carbocycles. The van der Waals surface area contributed by atoms with Gasteiger partial charge in [-0.3, -0.25) is 0 Å². The quantitative estimate of drug-likeness (QED) is 0.600. The number of pyridine rings is 1. The fourth-order valence-corrected chi connectivity index (χ4v) is 5.05. The molecule has 0 saturated carbocycles. The summed E-state index contributed by atoms with van der Waals surface area (Å²) in [5.41, 5.74) is 2.32. The molecule has 3 heterocycles. The summed E-state index contributed by atoms with van der Waals surface area (Å²) in [7, 11) is -3.61. The van der Waals surface area contributed by atoms with Crippen LogP contribution in [-0.4, -0.2) is 41.2 Å². The maximum atomic E-state index is 12.9. The van der Waals surface area contributed by atoms with E-state index in [0.29, 0.717) is 24.3 Å². The number of carbonyl (C=O) groups is 1. The van der Waals surface area contributed by atoms with Crippen molar-refractivity contribution in [2.45, 2.75) is 37.7 Å². The molecule has 1 aliphatic heterocycles. The van der Waals surface area contributed by atoms with Gasteiger partial charge >= 0.3 is 5.97 Å². The lowest BCUT2D eigenvalue weighted by Crippen LogP contribution is -2.35. The molecule has 0 spiro atoms. The largest absolute Gasteiger partial charge is 0.456 e. The minimum Gasteiger partial charge on any atom is -0.456 e. The van der Waals surface area contributed by atoms with Crippen LogP contribution in [-0.2, 0) is 21.4 Å². The number of esters is 1. The molecule has 0 radical (unpaired) electrons. The fraction of sp³-hybridized carbons (Fsp3) is 0.333. The summed E-state index contributed by atoms with van der Waals surface area (Å²) < 4.78 is 34.6. The molecule has 7 nitrogen and oxygen atoms in total. The summed E-state index contributed by atoms with van der Waals surface area (Å²) in [6, 6.07) is 10.3. The number of benzene rings is 1. The number of aromatic nitrogens is 2. The van der Waals surface area contributed by atoms with Crippen molar-refractivity contribution in [2.24, 2.45) is 0 Å². The zero-order chi connectivity index (χ0) is 20.4. The van der Waals surface area contributed by atoms with Crippen LogP contribution in [0.4, 0.5) is 0 Å². The van der Waals surface area contributed by atoms with Crippen LogP contribution >= 0.6 is 0 Å². The molecule has 8 heteroatoms. The third kappa shape index (κ3) is 4.04. The topological polar surface area (TPSA) is 81.0 Å². The zero-order valence-corrected chi connectivity index (χ0v) is 17.1. The Hall–Kier alpha value is -2.71. The molecule has 1 aliphatic rings. The Bertz CT molecular complexity index is 1110. The van der Waals surface area contributed by atoms with Crippen LogP contribution in [0.2, 0.25) is 0 Å². The number of carbonyl (C=O) groups excluding carboxylic acids is 1. The van der Waals surface area contributed by atoms with Gasteiger partial charge in [-0.2, -0.15) is 4.31 Å². The Labute approximate surface area is 170 Å². The third-order valence-electron chi connectivity index (χ3n) is 5.15. The minimum atomic E-state index is -3.61. The normalized spacial score (nSPS) is 15.5. The molecule has 2 aromatic heterocycles. The lowest BCUT2D eigenvalue weighted by molar-refractivity contribution is 0.0467. The first-order valence-electron chi connectivity index (χ1n) is 9.66. The minimum absolute atomic E-state index is 0.0169. The molecule has 0 unspecified atom stereocenters. The number of fused-ring (bicyclic) bond motifs is 1. The van der Waals surface area contributed by atoms with Crippen molar-refractivity contribution in [3.63, 3.8) is 0 Å². The summed E-state index contributed by atoms with van der Waals surface area (Å²) >= 11 is 0. The Morgan fingerprint density at radius 3 is 2.69 bits per heavy atom. The van der Waals surface area contributed by atoms with Gasteiger partial charge in [0.25, 0.3) is 0 Å². The monoisotopic (exact) mass is 413 g/mol. The van der Waals surface area contributed by atoms with E-state index >= 15 is 0 Å². The molecule has 3 aromatic rings. The van der Waals surface area contributed by atoms with Crippen molar-refractivity contribution in [3.05, 3.63) is 65.6 Å². The molecule has 152 valence electrons. The van der Waals surface area contributed by atoms with E-state index in [-0.39, 0.29) is 17.1 Å².